The lowest BCUT2D eigenvalue weighted by Crippen LogP contribution is -2.53. The van der Waals surface area contributed by atoms with Crippen molar-refractivity contribution in [3.8, 4) is 0 Å². The van der Waals surface area contributed by atoms with E-state index in [4.69, 9.17) is 4.74 Å². The average molecular weight is 335 g/mol. The number of hydrogen-bond donors (Lipinski definition) is 0. The molecule has 23 heavy (non-hydrogen) atoms. The Labute approximate surface area is 138 Å². The molecule has 3 rings (SSSR count). The molecule has 0 amide bonds. The molecular weight excluding hydrogens is 312 g/mol. The molecule has 0 bridgehead atoms. The summed E-state index contributed by atoms with van der Waals surface area (Å²) in [6.45, 7) is 6.53. The van der Waals surface area contributed by atoms with Crippen molar-refractivity contribution in [3.05, 3.63) is 42.8 Å². The Morgan fingerprint density at radius 2 is 1.96 bits per heavy atom. The van der Waals surface area contributed by atoms with Crippen LogP contribution in [0.1, 0.15) is 12.0 Å². The molecule has 0 N–H and O–H groups in total. The molecule has 1 radical (unpaired) electrons. The first-order valence-corrected chi connectivity index (χ1v) is 9.47. The first kappa shape index (κ1) is 16.6. The summed E-state index contributed by atoms with van der Waals surface area (Å²) >= 11 is 0. The van der Waals surface area contributed by atoms with Gasteiger partial charge < -0.3 is 4.74 Å². The van der Waals surface area contributed by atoms with E-state index in [0.717, 1.165) is 5.56 Å². The van der Waals surface area contributed by atoms with Crippen LogP contribution in [0.15, 0.2) is 35.3 Å². The van der Waals surface area contributed by atoms with Gasteiger partial charge in [-0.3, -0.25) is 4.99 Å². The van der Waals surface area contributed by atoms with Crippen LogP contribution in [0.25, 0.3) is 0 Å². The summed E-state index contributed by atoms with van der Waals surface area (Å²) in [7, 11) is -3.41. The van der Waals surface area contributed by atoms with Gasteiger partial charge in [0.25, 0.3) is 0 Å². The molecular formula is C17H23N2O3S. The van der Waals surface area contributed by atoms with Gasteiger partial charge >= 0.3 is 0 Å². The Hall–Kier alpha value is -1.24. The van der Waals surface area contributed by atoms with Gasteiger partial charge in [0.2, 0.25) is 10.0 Å². The van der Waals surface area contributed by atoms with Crippen molar-refractivity contribution in [2.75, 3.05) is 32.8 Å². The second-order valence-corrected chi connectivity index (χ2v) is 8.44. The van der Waals surface area contributed by atoms with E-state index in [2.05, 4.69) is 11.9 Å². The van der Waals surface area contributed by atoms with Crippen molar-refractivity contribution in [1.29, 1.82) is 0 Å². The number of aliphatic imine (C=N–C) groups is 1. The highest BCUT2D eigenvalue weighted by Gasteiger charge is 2.46. The molecule has 0 spiro atoms. The van der Waals surface area contributed by atoms with Gasteiger partial charge in [0.05, 0.1) is 18.5 Å². The summed E-state index contributed by atoms with van der Waals surface area (Å²) in [6, 6.07) is 9.93. The molecule has 2 aliphatic heterocycles. The molecule has 1 fully saturated rings. The maximum atomic E-state index is 13.1. The first-order valence-electron chi connectivity index (χ1n) is 7.97. The molecule has 2 aliphatic rings. The van der Waals surface area contributed by atoms with Crippen LogP contribution >= 0.6 is 0 Å². The summed E-state index contributed by atoms with van der Waals surface area (Å²) < 4.78 is 33.1. The maximum Gasteiger partial charge on any atom is 0.218 e. The highest BCUT2D eigenvalue weighted by atomic mass is 32.2. The molecule has 0 aromatic heterocycles. The number of sulfonamides is 1. The average Bonchev–Trinajstić information content (AvgIpc) is 2.56. The number of benzene rings is 1. The molecule has 1 aromatic carbocycles. The predicted octanol–water partition coefficient (Wildman–Crippen LogP) is 1.55. The Kier molecular flexibility index (Phi) is 4.85. The van der Waals surface area contributed by atoms with E-state index in [1.807, 2.05) is 30.3 Å². The van der Waals surface area contributed by atoms with Crippen molar-refractivity contribution in [3.63, 3.8) is 0 Å². The van der Waals surface area contributed by atoms with Gasteiger partial charge in [-0.1, -0.05) is 30.3 Å². The van der Waals surface area contributed by atoms with Crippen molar-refractivity contribution in [1.82, 2.24) is 4.31 Å². The lowest BCUT2D eigenvalue weighted by molar-refractivity contribution is 0.0719. The van der Waals surface area contributed by atoms with E-state index in [9.17, 15) is 8.42 Å². The first-order chi connectivity index (χ1) is 11.0. The summed E-state index contributed by atoms with van der Waals surface area (Å²) in [5.74, 6) is 0. The van der Waals surface area contributed by atoms with E-state index in [-0.39, 0.29) is 0 Å². The SMILES string of the molecule is [CH2][C@@]1(Cc2ccccc2)CN=CCC1S(=O)(=O)N1CCOCC1. The molecule has 2 atom stereocenters. The van der Waals surface area contributed by atoms with Crippen molar-refractivity contribution in [2.24, 2.45) is 10.4 Å². The van der Waals surface area contributed by atoms with Crippen molar-refractivity contribution < 1.29 is 13.2 Å². The van der Waals surface area contributed by atoms with E-state index < -0.39 is 20.7 Å². The fraction of sp³-hybridized carbons (Fsp3) is 0.529. The molecule has 1 saturated heterocycles. The van der Waals surface area contributed by atoms with Gasteiger partial charge in [-0.15, -0.1) is 0 Å². The molecule has 5 nitrogen and oxygen atoms in total. The normalized spacial score (nSPS) is 29.5. The minimum atomic E-state index is -3.41. The van der Waals surface area contributed by atoms with Crippen LogP contribution in [0.5, 0.6) is 0 Å². The van der Waals surface area contributed by atoms with Crippen LogP contribution in [0.2, 0.25) is 0 Å². The highest BCUT2D eigenvalue weighted by Crippen LogP contribution is 2.36. The largest absolute Gasteiger partial charge is 0.379 e. The van der Waals surface area contributed by atoms with Gasteiger partial charge in [-0.2, -0.15) is 4.31 Å². The second kappa shape index (κ2) is 6.71. The highest BCUT2D eigenvalue weighted by molar-refractivity contribution is 7.89. The molecule has 125 valence electrons. The zero-order valence-electron chi connectivity index (χ0n) is 13.2. The van der Waals surface area contributed by atoms with Crippen LogP contribution < -0.4 is 0 Å². The molecule has 6 heteroatoms. The number of hydrogen-bond acceptors (Lipinski definition) is 4. The van der Waals surface area contributed by atoms with E-state index in [0.29, 0.717) is 45.7 Å². The van der Waals surface area contributed by atoms with Gasteiger partial charge in [-0.05, 0) is 18.9 Å². The summed E-state index contributed by atoms with van der Waals surface area (Å²) in [5.41, 5.74) is 0.467. The molecule has 0 aliphatic carbocycles. The molecule has 0 saturated carbocycles. The Morgan fingerprint density at radius 3 is 2.65 bits per heavy atom. The third-order valence-electron chi connectivity index (χ3n) is 4.63. The third kappa shape index (κ3) is 3.49. The maximum absolute atomic E-state index is 13.1. The van der Waals surface area contributed by atoms with Gasteiger partial charge in [0, 0.05) is 37.7 Å². The van der Waals surface area contributed by atoms with Crippen LogP contribution in [-0.4, -0.2) is 57.0 Å². The van der Waals surface area contributed by atoms with Crippen molar-refractivity contribution >= 4 is 16.2 Å². The minimum Gasteiger partial charge on any atom is -0.379 e. The minimum absolute atomic E-state index is 0.427. The Bertz CT molecular complexity index is 654. The van der Waals surface area contributed by atoms with Crippen LogP contribution in [0.4, 0.5) is 0 Å². The van der Waals surface area contributed by atoms with Crippen LogP contribution in [0, 0.1) is 12.3 Å². The number of morpholine rings is 1. The zero-order chi connectivity index (χ0) is 16.3. The van der Waals surface area contributed by atoms with Crippen LogP contribution in [-0.2, 0) is 21.2 Å². The smallest absolute Gasteiger partial charge is 0.218 e. The van der Waals surface area contributed by atoms with Gasteiger partial charge in [0.1, 0.15) is 0 Å². The van der Waals surface area contributed by atoms with Gasteiger partial charge in [0.15, 0.2) is 0 Å². The Morgan fingerprint density at radius 1 is 1.26 bits per heavy atom. The lowest BCUT2D eigenvalue weighted by Gasteiger charge is -2.41. The fourth-order valence-electron chi connectivity index (χ4n) is 3.36. The lowest BCUT2D eigenvalue weighted by atomic mass is 9.78. The quantitative estimate of drug-likeness (QED) is 0.839. The number of ether oxygens (including phenoxy) is 1. The second-order valence-electron chi connectivity index (χ2n) is 6.33. The summed E-state index contributed by atoms with van der Waals surface area (Å²) in [5, 5.41) is -0.536. The predicted molar refractivity (Wildman–Crippen MR) is 91.0 cm³/mol. The van der Waals surface area contributed by atoms with E-state index in [1.165, 1.54) is 0 Å². The van der Waals surface area contributed by atoms with E-state index in [1.54, 1.807) is 10.5 Å². The van der Waals surface area contributed by atoms with Gasteiger partial charge in [-0.25, -0.2) is 8.42 Å². The standard InChI is InChI=1S/C17H23N2O3S/c1-17(13-15-5-3-2-4-6-15)14-18-8-7-16(17)23(20,21)19-9-11-22-12-10-19/h2-6,8,16H,1,7,9-14H2/t16?,17-/m1/s1. The molecule has 1 aromatic rings. The zero-order valence-corrected chi connectivity index (χ0v) is 14.0. The molecule has 1 unspecified atom stereocenters. The summed E-state index contributed by atoms with van der Waals surface area (Å²) in [6.07, 6.45) is 2.77. The topological polar surface area (TPSA) is 59.0 Å². The summed E-state index contributed by atoms with van der Waals surface area (Å²) in [4.78, 5) is 4.34. The molecule has 2 heterocycles. The monoisotopic (exact) mass is 335 g/mol. The Balaban J connectivity index is 1.87. The fourth-order valence-corrected chi connectivity index (χ4v) is 5.50. The van der Waals surface area contributed by atoms with E-state index >= 15 is 0 Å². The third-order valence-corrected chi connectivity index (χ3v) is 7.12. The number of nitrogens with zero attached hydrogens (tertiary/aromatic N) is 2. The van der Waals surface area contributed by atoms with Crippen LogP contribution in [0.3, 0.4) is 0 Å². The number of rotatable bonds is 4. The van der Waals surface area contributed by atoms with Crippen molar-refractivity contribution in [2.45, 2.75) is 18.1 Å².